The number of hydrogen-bond donors (Lipinski definition) is 0. The lowest BCUT2D eigenvalue weighted by Gasteiger charge is -2.11. The number of methoxy groups -OCH3 is 4. The Bertz CT molecular complexity index is 1160. The molecule has 0 N–H and O–H groups in total. The second kappa shape index (κ2) is 10.4. The Kier molecular flexibility index (Phi) is 7.43. The summed E-state index contributed by atoms with van der Waals surface area (Å²) < 4.78 is 19.1. The Balaban J connectivity index is 2.00. The van der Waals surface area contributed by atoms with E-state index < -0.39 is 23.9 Å². The van der Waals surface area contributed by atoms with Gasteiger partial charge in [0.2, 0.25) is 0 Å². The molecule has 0 radical (unpaired) electrons. The van der Waals surface area contributed by atoms with Crippen LogP contribution in [0.1, 0.15) is 41.4 Å². The van der Waals surface area contributed by atoms with Crippen LogP contribution in [0.15, 0.2) is 60.7 Å². The van der Waals surface area contributed by atoms with E-state index in [1.807, 2.05) is 24.3 Å². The zero-order valence-corrected chi connectivity index (χ0v) is 19.0. The van der Waals surface area contributed by atoms with E-state index in [4.69, 9.17) is 18.9 Å². The second-order valence-electron chi connectivity index (χ2n) is 7.06. The fourth-order valence-electron chi connectivity index (χ4n) is 3.44. The second-order valence-corrected chi connectivity index (χ2v) is 7.06. The van der Waals surface area contributed by atoms with Gasteiger partial charge in [0, 0.05) is 0 Å². The molecule has 0 atom stereocenters. The van der Waals surface area contributed by atoms with E-state index in [-0.39, 0.29) is 22.3 Å². The molecule has 3 aromatic rings. The minimum Gasteiger partial charge on any atom is -0.465 e. The van der Waals surface area contributed by atoms with Crippen molar-refractivity contribution in [3.05, 3.63) is 82.9 Å². The Morgan fingerprint density at radius 2 is 0.676 bits per heavy atom. The van der Waals surface area contributed by atoms with Crippen molar-refractivity contribution in [2.75, 3.05) is 28.4 Å². The molecule has 0 aliphatic rings. The zero-order valence-electron chi connectivity index (χ0n) is 19.0. The van der Waals surface area contributed by atoms with Gasteiger partial charge in [-0.2, -0.15) is 0 Å². The summed E-state index contributed by atoms with van der Waals surface area (Å²) >= 11 is 0. The van der Waals surface area contributed by atoms with Gasteiger partial charge < -0.3 is 18.9 Å². The van der Waals surface area contributed by atoms with E-state index in [0.29, 0.717) is 11.1 Å². The normalized spacial score (nSPS) is 10.2. The Morgan fingerprint density at radius 1 is 0.412 bits per heavy atom. The lowest BCUT2D eigenvalue weighted by molar-refractivity contribution is 0.0555. The summed E-state index contributed by atoms with van der Waals surface area (Å²) in [5.41, 5.74) is 3.35. The van der Waals surface area contributed by atoms with Gasteiger partial charge in [-0.15, -0.1) is 0 Å². The highest BCUT2D eigenvalue weighted by Crippen LogP contribution is 2.28. The Labute approximate surface area is 196 Å². The maximum absolute atomic E-state index is 12.2. The van der Waals surface area contributed by atoms with E-state index in [0.717, 1.165) is 11.1 Å². The highest BCUT2D eigenvalue weighted by molar-refractivity contribution is 6.05. The van der Waals surface area contributed by atoms with Gasteiger partial charge in [-0.05, 0) is 46.5 Å². The smallest absolute Gasteiger partial charge is 0.338 e. The van der Waals surface area contributed by atoms with Gasteiger partial charge in [0.1, 0.15) is 0 Å². The molecule has 3 aromatic carbocycles. The number of ether oxygens (including phenoxy) is 4. The first-order valence-corrected chi connectivity index (χ1v) is 10.1. The van der Waals surface area contributed by atoms with Crippen LogP contribution >= 0.6 is 0 Å². The summed E-state index contributed by atoms with van der Waals surface area (Å²) in [6.07, 6.45) is 0. The average molecular weight is 462 g/mol. The topological polar surface area (TPSA) is 105 Å². The lowest BCUT2D eigenvalue weighted by atomic mass is 9.95. The van der Waals surface area contributed by atoms with Crippen molar-refractivity contribution >= 4 is 23.9 Å². The van der Waals surface area contributed by atoms with Crippen LogP contribution in [0.25, 0.3) is 22.3 Å². The van der Waals surface area contributed by atoms with Crippen LogP contribution in [0.4, 0.5) is 0 Å². The third kappa shape index (κ3) is 4.80. The van der Waals surface area contributed by atoms with Crippen molar-refractivity contribution in [3.63, 3.8) is 0 Å². The summed E-state index contributed by atoms with van der Waals surface area (Å²) in [4.78, 5) is 48.4. The maximum Gasteiger partial charge on any atom is 0.338 e. The first-order chi connectivity index (χ1) is 16.3. The molecule has 0 saturated carbocycles. The largest absolute Gasteiger partial charge is 0.465 e. The molecule has 0 bridgehead atoms. The van der Waals surface area contributed by atoms with Crippen molar-refractivity contribution in [3.8, 4) is 22.3 Å². The summed E-state index contributed by atoms with van der Waals surface area (Å²) in [6.45, 7) is 0. The van der Waals surface area contributed by atoms with E-state index in [1.54, 1.807) is 24.3 Å². The standard InChI is InChI=1S/C26H22O8/c1-31-23(27)19-11-9-17(13-21(19)25(29)33-3)15-5-7-16(8-6-15)18-10-12-20(24(28)32-2)22(14-18)26(30)34-4/h5-14H,1-4H3. The third-order valence-corrected chi connectivity index (χ3v) is 5.21. The number of carbonyl (C=O) groups is 4. The number of rotatable bonds is 6. The monoisotopic (exact) mass is 462 g/mol. The van der Waals surface area contributed by atoms with E-state index >= 15 is 0 Å². The lowest BCUT2D eigenvalue weighted by Crippen LogP contribution is -2.12. The van der Waals surface area contributed by atoms with E-state index in [1.165, 1.54) is 40.6 Å². The van der Waals surface area contributed by atoms with Gasteiger partial charge in [-0.3, -0.25) is 0 Å². The van der Waals surface area contributed by atoms with Crippen molar-refractivity contribution < 1.29 is 38.1 Å². The minimum atomic E-state index is -0.653. The van der Waals surface area contributed by atoms with Gasteiger partial charge in [0.05, 0.1) is 50.7 Å². The number of carbonyl (C=O) groups excluding carboxylic acids is 4. The van der Waals surface area contributed by atoms with Crippen molar-refractivity contribution in [1.29, 1.82) is 0 Å². The summed E-state index contributed by atoms with van der Waals surface area (Å²) in [5, 5.41) is 0. The summed E-state index contributed by atoms with van der Waals surface area (Å²) in [7, 11) is 4.94. The summed E-state index contributed by atoms with van der Waals surface area (Å²) in [5.74, 6) is -2.59. The highest BCUT2D eigenvalue weighted by atomic mass is 16.5. The number of esters is 4. The molecule has 0 heterocycles. The fraction of sp³-hybridized carbons (Fsp3) is 0.154. The first-order valence-electron chi connectivity index (χ1n) is 10.1. The molecule has 0 unspecified atom stereocenters. The molecule has 0 fully saturated rings. The van der Waals surface area contributed by atoms with Crippen LogP contribution < -0.4 is 0 Å². The van der Waals surface area contributed by atoms with Gasteiger partial charge in [0.25, 0.3) is 0 Å². The fourth-order valence-corrected chi connectivity index (χ4v) is 3.44. The van der Waals surface area contributed by atoms with Crippen molar-refractivity contribution in [2.45, 2.75) is 0 Å². The van der Waals surface area contributed by atoms with Gasteiger partial charge >= 0.3 is 23.9 Å². The molecule has 0 aliphatic carbocycles. The molecule has 0 spiro atoms. The van der Waals surface area contributed by atoms with Crippen LogP contribution in [0.2, 0.25) is 0 Å². The molecule has 3 rings (SSSR count). The predicted molar refractivity (Wildman–Crippen MR) is 123 cm³/mol. The quantitative estimate of drug-likeness (QED) is 0.397. The van der Waals surface area contributed by atoms with Crippen LogP contribution in [0, 0.1) is 0 Å². The molecule has 174 valence electrons. The molecular weight excluding hydrogens is 440 g/mol. The van der Waals surface area contributed by atoms with E-state index in [9.17, 15) is 19.2 Å². The summed E-state index contributed by atoms with van der Waals surface area (Å²) in [6, 6.07) is 16.9. The molecule has 0 aliphatic heterocycles. The molecule has 34 heavy (non-hydrogen) atoms. The van der Waals surface area contributed by atoms with E-state index in [2.05, 4.69) is 0 Å². The van der Waals surface area contributed by atoms with Gasteiger partial charge in [0.15, 0.2) is 0 Å². The first kappa shape index (κ1) is 24.2. The molecule has 8 nitrogen and oxygen atoms in total. The number of benzene rings is 3. The molecular formula is C26H22O8. The van der Waals surface area contributed by atoms with Crippen LogP contribution in [-0.4, -0.2) is 52.3 Å². The van der Waals surface area contributed by atoms with Crippen molar-refractivity contribution in [1.82, 2.24) is 0 Å². The van der Waals surface area contributed by atoms with Gasteiger partial charge in [-0.25, -0.2) is 19.2 Å². The Morgan fingerprint density at radius 3 is 0.971 bits per heavy atom. The molecule has 8 heteroatoms. The SMILES string of the molecule is COC(=O)c1ccc(-c2ccc(-c3ccc(C(=O)OC)c(C(=O)OC)c3)cc2)cc1C(=O)OC. The Hall–Kier alpha value is -4.46. The molecule has 0 amide bonds. The van der Waals surface area contributed by atoms with Gasteiger partial charge in [-0.1, -0.05) is 36.4 Å². The van der Waals surface area contributed by atoms with Crippen molar-refractivity contribution in [2.24, 2.45) is 0 Å². The van der Waals surface area contributed by atoms with Crippen LogP contribution in [0.5, 0.6) is 0 Å². The van der Waals surface area contributed by atoms with Crippen LogP contribution in [0.3, 0.4) is 0 Å². The predicted octanol–water partition coefficient (Wildman–Crippen LogP) is 4.17. The maximum atomic E-state index is 12.2. The molecule has 0 saturated heterocycles. The minimum absolute atomic E-state index is 0.0945. The highest BCUT2D eigenvalue weighted by Gasteiger charge is 2.21. The molecule has 0 aromatic heterocycles. The van der Waals surface area contributed by atoms with Crippen LogP contribution in [-0.2, 0) is 18.9 Å². The average Bonchev–Trinajstić information content (AvgIpc) is 2.90. The number of hydrogen-bond acceptors (Lipinski definition) is 8. The zero-order chi connectivity index (χ0) is 24.8. The third-order valence-electron chi connectivity index (χ3n) is 5.21.